The number of fused-ring (bicyclic) bond motifs is 1. The number of amides is 1. The molecule has 3 aromatic rings. The minimum atomic E-state index is -2.90. The maximum absolute atomic E-state index is 12.8. The highest BCUT2D eigenvalue weighted by atomic mass is 32.2. The molecule has 2 heterocycles. The second kappa shape index (κ2) is 11.7. The number of rotatable bonds is 10. The SMILES string of the molecule is C=CCn1c(SCC(=O)Nc2sc3c(c2C(=O)OC)CCCC3)nnc1-c1ccc(OC(F)F)cc1. The van der Waals surface area contributed by atoms with Crippen LogP contribution in [-0.2, 0) is 28.9 Å². The standard InChI is InChI=1S/C24H24F2N4O4S2/c1-3-12-30-20(14-8-10-15(11-9-14)34-23(25)26)28-29-24(30)35-13-18(31)27-21-19(22(32)33-2)16-6-4-5-7-17(16)36-21/h3,8-11,23H,1,4-7,12-13H2,2H3,(H,27,31). The van der Waals surface area contributed by atoms with Crippen LogP contribution in [0.15, 0.2) is 42.1 Å². The van der Waals surface area contributed by atoms with E-state index >= 15 is 0 Å². The Balaban J connectivity index is 1.48. The van der Waals surface area contributed by atoms with Gasteiger partial charge in [0.25, 0.3) is 0 Å². The van der Waals surface area contributed by atoms with Crippen LogP contribution in [0.4, 0.5) is 13.8 Å². The summed E-state index contributed by atoms with van der Waals surface area (Å²) in [6, 6.07) is 6.06. The van der Waals surface area contributed by atoms with Gasteiger partial charge in [0.05, 0.1) is 18.4 Å². The molecule has 1 N–H and O–H groups in total. The van der Waals surface area contributed by atoms with Gasteiger partial charge in [-0.15, -0.1) is 28.1 Å². The molecule has 12 heteroatoms. The van der Waals surface area contributed by atoms with Crippen molar-refractivity contribution in [3.63, 3.8) is 0 Å². The number of esters is 1. The Bertz CT molecular complexity index is 1260. The molecule has 0 spiro atoms. The lowest BCUT2D eigenvalue weighted by atomic mass is 9.95. The lowest BCUT2D eigenvalue weighted by Gasteiger charge is -2.11. The van der Waals surface area contributed by atoms with Crippen LogP contribution in [-0.4, -0.2) is 46.1 Å². The second-order valence-corrected chi connectivity index (χ2v) is 9.90. The van der Waals surface area contributed by atoms with Gasteiger partial charge in [-0.05, 0) is 55.5 Å². The number of carbonyl (C=O) groups excluding carboxylic acids is 2. The number of aromatic nitrogens is 3. The van der Waals surface area contributed by atoms with E-state index in [1.54, 1.807) is 22.8 Å². The van der Waals surface area contributed by atoms with Crippen molar-refractivity contribution < 1.29 is 27.8 Å². The fourth-order valence-corrected chi connectivity index (χ4v) is 5.99. The average Bonchev–Trinajstić information content (AvgIpc) is 3.43. The quantitative estimate of drug-likeness (QED) is 0.217. The highest BCUT2D eigenvalue weighted by Crippen LogP contribution is 2.38. The van der Waals surface area contributed by atoms with Crippen LogP contribution in [0.25, 0.3) is 11.4 Å². The van der Waals surface area contributed by atoms with Crippen LogP contribution in [0.2, 0.25) is 0 Å². The molecule has 4 rings (SSSR count). The monoisotopic (exact) mass is 534 g/mol. The number of methoxy groups -OCH3 is 1. The van der Waals surface area contributed by atoms with E-state index in [0.717, 1.165) is 36.1 Å². The minimum absolute atomic E-state index is 0.0383. The molecule has 1 aliphatic carbocycles. The molecule has 0 fully saturated rings. The van der Waals surface area contributed by atoms with Crippen molar-refractivity contribution in [3.05, 3.63) is 52.9 Å². The van der Waals surface area contributed by atoms with Gasteiger partial charge in [0, 0.05) is 17.0 Å². The summed E-state index contributed by atoms with van der Waals surface area (Å²) in [4.78, 5) is 26.3. The van der Waals surface area contributed by atoms with E-state index in [4.69, 9.17) is 4.74 Å². The zero-order chi connectivity index (χ0) is 25.7. The van der Waals surface area contributed by atoms with Crippen molar-refractivity contribution in [1.82, 2.24) is 14.8 Å². The number of nitrogens with zero attached hydrogens (tertiary/aromatic N) is 3. The highest BCUT2D eigenvalue weighted by molar-refractivity contribution is 7.99. The molecule has 0 saturated heterocycles. The van der Waals surface area contributed by atoms with E-state index in [0.29, 0.717) is 33.7 Å². The molecule has 0 saturated carbocycles. The van der Waals surface area contributed by atoms with Crippen molar-refractivity contribution >= 4 is 40.0 Å². The molecular formula is C24H24F2N4O4S2. The highest BCUT2D eigenvalue weighted by Gasteiger charge is 2.27. The fourth-order valence-electron chi connectivity index (χ4n) is 3.95. The Morgan fingerprint density at radius 1 is 1.25 bits per heavy atom. The van der Waals surface area contributed by atoms with Crippen LogP contribution < -0.4 is 10.1 Å². The number of hydrogen-bond donors (Lipinski definition) is 1. The molecule has 0 unspecified atom stereocenters. The number of thioether (sulfide) groups is 1. The maximum Gasteiger partial charge on any atom is 0.387 e. The second-order valence-electron chi connectivity index (χ2n) is 7.85. The van der Waals surface area contributed by atoms with Crippen molar-refractivity contribution in [2.75, 3.05) is 18.2 Å². The first-order valence-electron chi connectivity index (χ1n) is 11.2. The van der Waals surface area contributed by atoms with E-state index in [1.807, 2.05) is 0 Å². The molecule has 1 aromatic carbocycles. The number of aryl methyl sites for hydroxylation is 1. The Labute approximate surface area is 214 Å². The summed E-state index contributed by atoms with van der Waals surface area (Å²) in [6.45, 7) is 1.24. The van der Waals surface area contributed by atoms with Gasteiger partial charge in [-0.3, -0.25) is 9.36 Å². The topological polar surface area (TPSA) is 95.3 Å². The lowest BCUT2D eigenvalue weighted by molar-refractivity contribution is -0.113. The average molecular weight is 535 g/mol. The van der Waals surface area contributed by atoms with Crippen LogP contribution in [0.3, 0.4) is 0 Å². The van der Waals surface area contributed by atoms with E-state index in [9.17, 15) is 18.4 Å². The predicted octanol–water partition coefficient (Wildman–Crippen LogP) is 5.19. The molecule has 2 aromatic heterocycles. The summed E-state index contributed by atoms with van der Waals surface area (Å²) in [6.07, 6.45) is 5.41. The summed E-state index contributed by atoms with van der Waals surface area (Å²) in [5, 5.41) is 12.3. The first-order valence-corrected chi connectivity index (χ1v) is 13.0. The Hall–Kier alpha value is -3.25. The summed E-state index contributed by atoms with van der Waals surface area (Å²) in [5.74, 6) is -0.152. The number of hydrogen-bond acceptors (Lipinski definition) is 8. The molecular weight excluding hydrogens is 510 g/mol. The smallest absolute Gasteiger partial charge is 0.387 e. The van der Waals surface area contributed by atoms with E-state index < -0.39 is 12.6 Å². The first kappa shape index (κ1) is 25.8. The Morgan fingerprint density at radius 2 is 2.00 bits per heavy atom. The van der Waals surface area contributed by atoms with Crippen molar-refractivity contribution in [2.24, 2.45) is 0 Å². The molecule has 190 valence electrons. The normalized spacial score (nSPS) is 12.8. The summed E-state index contributed by atoms with van der Waals surface area (Å²) >= 11 is 2.62. The van der Waals surface area contributed by atoms with E-state index in [1.165, 1.54) is 42.3 Å². The molecule has 1 amide bonds. The van der Waals surface area contributed by atoms with E-state index in [2.05, 4.69) is 26.8 Å². The van der Waals surface area contributed by atoms with E-state index in [-0.39, 0.29) is 17.4 Å². The molecule has 0 radical (unpaired) electrons. The summed E-state index contributed by atoms with van der Waals surface area (Å²) in [5.41, 5.74) is 2.07. The third kappa shape index (κ3) is 5.76. The van der Waals surface area contributed by atoms with Gasteiger partial charge < -0.3 is 14.8 Å². The predicted molar refractivity (Wildman–Crippen MR) is 134 cm³/mol. The van der Waals surface area contributed by atoms with Crippen LogP contribution in [0.1, 0.15) is 33.6 Å². The minimum Gasteiger partial charge on any atom is -0.465 e. The summed E-state index contributed by atoms with van der Waals surface area (Å²) < 4.78 is 36.0. The summed E-state index contributed by atoms with van der Waals surface area (Å²) in [7, 11) is 1.33. The van der Waals surface area contributed by atoms with Crippen LogP contribution in [0.5, 0.6) is 5.75 Å². The fraction of sp³-hybridized carbons (Fsp3) is 0.333. The van der Waals surface area contributed by atoms with Crippen molar-refractivity contribution in [2.45, 2.75) is 44.0 Å². The largest absolute Gasteiger partial charge is 0.465 e. The number of benzene rings is 1. The number of thiophene rings is 1. The maximum atomic E-state index is 12.8. The number of halogens is 2. The van der Waals surface area contributed by atoms with Crippen LogP contribution >= 0.6 is 23.1 Å². The van der Waals surface area contributed by atoms with Gasteiger partial charge >= 0.3 is 12.6 Å². The number of carbonyl (C=O) groups is 2. The Kier molecular flexibility index (Phi) is 8.36. The van der Waals surface area contributed by atoms with Gasteiger partial charge in [0.15, 0.2) is 11.0 Å². The zero-order valence-electron chi connectivity index (χ0n) is 19.5. The number of anilines is 1. The number of nitrogens with one attached hydrogen (secondary N) is 1. The van der Waals surface area contributed by atoms with Crippen LogP contribution in [0, 0.1) is 0 Å². The van der Waals surface area contributed by atoms with Crippen molar-refractivity contribution in [1.29, 1.82) is 0 Å². The van der Waals surface area contributed by atoms with Gasteiger partial charge in [-0.1, -0.05) is 17.8 Å². The molecule has 8 nitrogen and oxygen atoms in total. The first-order chi connectivity index (χ1) is 17.4. The number of alkyl halides is 2. The van der Waals surface area contributed by atoms with Gasteiger partial charge in [0.1, 0.15) is 10.8 Å². The molecule has 1 aliphatic rings. The van der Waals surface area contributed by atoms with Gasteiger partial charge in [-0.2, -0.15) is 8.78 Å². The molecule has 0 bridgehead atoms. The third-order valence-corrected chi connectivity index (χ3v) is 7.69. The molecule has 36 heavy (non-hydrogen) atoms. The molecule has 0 atom stereocenters. The third-order valence-electron chi connectivity index (χ3n) is 5.51. The zero-order valence-corrected chi connectivity index (χ0v) is 21.1. The van der Waals surface area contributed by atoms with Gasteiger partial charge in [-0.25, -0.2) is 4.79 Å². The molecule has 0 aliphatic heterocycles. The number of allylic oxidation sites excluding steroid dienone is 1. The Morgan fingerprint density at radius 3 is 2.69 bits per heavy atom. The van der Waals surface area contributed by atoms with Crippen molar-refractivity contribution in [3.8, 4) is 17.1 Å². The number of ether oxygens (including phenoxy) is 2. The van der Waals surface area contributed by atoms with Gasteiger partial charge in [0.2, 0.25) is 5.91 Å². The lowest BCUT2D eigenvalue weighted by Crippen LogP contribution is -2.17.